The van der Waals surface area contributed by atoms with Crippen molar-refractivity contribution in [3.63, 3.8) is 0 Å². The van der Waals surface area contributed by atoms with Crippen LogP contribution in [-0.2, 0) is 4.74 Å². The molecule has 0 amide bonds. The van der Waals surface area contributed by atoms with Crippen molar-refractivity contribution in [2.24, 2.45) is 4.99 Å². The Hall–Kier alpha value is -2.02. The number of aromatic nitrogens is 3. The second-order valence-corrected chi connectivity index (χ2v) is 8.00. The van der Waals surface area contributed by atoms with E-state index in [1.165, 1.54) is 10.4 Å². The maximum absolute atomic E-state index is 6.09. The lowest BCUT2D eigenvalue weighted by atomic mass is 10.00. The number of fused-ring (bicyclic) bond motifs is 3. The molecule has 0 unspecified atom stereocenters. The van der Waals surface area contributed by atoms with E-state index in [9.17, 15) is 0 Å². The van der Waals surface area contributed by atoms with Gasteiger partial charge in [-0.3, -0.25) is 9.56 Å². The van der Waals surface area contributed by atoms with Crippen LogP contribution in [0.5, 0.6) is 0 Å². The van der Waals surface area contributed by atoms with Gasteiger partial charge in [-0.15, -0.1) is 21.5 Å². The molecule has 1 aromatic carbocycles. The topological polar surface area (TPSA) is 52.3 Å². The van der Waals surface area contributed by atoms with Crippen molar-refractivity contribution < 1.29 is 4.74 Å². The molecular weight excluding hydrogens is 368 g/mol. The minimum atomic E-state index is -0.216. The van der Waals surface area contributed by atoms with Gasteiger partial charge in [0.2, 0.25) is 0 Å². The fraction of sp³-hybridized carbons (Fsp3) is 0.316. The molecule has 0 saturated heterocycles. The molecule has 1 aliphatic rings. The van der Waals surface area contributed by atoms with Crippen molar-refractivity contribution in [3.8, 4) is 5.00 Å². The second-order valence-electron chi connectivity index (χ2n) is 6.36. The Morgan fingerprint density at radius 2 is 1.88 bits per heavy atom. The van der Waals surface area contributed by atoms with Gasteiger partial charge in [-0.1, -0.05) is 23.7 Å². The summed E-state index contributed by atoms with van der Waals surface area (Å²) in [5, 5.41) is 10.5. The van der Waals surface area contributed by atoms with Crippen LogP contribution in [-0.4, -0.2) is 34.2 Å². The Labute approximate surface area is 161 Å². The van der Waals surface area contributed by atoms with Crippen molar-refractivity contribution in [1.29, 1.82) is 0 Å². The SMILES string of the molecule is COC[C@@H]1N=C(c2ccc(Cl)cc2)c2c(sc(C)c2C)-n2c(C)nnc21. The van der Waals surface area contributed by atoms with Gasteiger partial charge in [0.15, 0.2) is 5.82 Å². The lowest BCUT2D eigenvalue weighted by Crippen LogP contribution is -2.11. The van der Waals surface area contributed by atoms with Gasteiger partial charge in [0.25, 0.3) is 0 Å². The molecule has 0 bridgehead atoms. The molecule has 2 aromatic heterocycles. The number of rotatable bonds is 3. The summed E-state index contributed by atoms with van der Waals surface area (Å²) in [6.45, 7) is 6.70. The zero-order chi connectivity index (χ0) is 18.4. The number of methoxy groups -OCH3 is 1. The normalized spacial score (nSPS) is 16.0. The number of hydrogen-bond acceptors (Lipinski definition) is 5. The van der Waals surface area contributed by atoms with E-state index < -0.39 is 0 Å². The minimum Gasteiger partial charge on any atom is -0.382 e. The molecular formula is C19H19ClN4OS. The second kappa shape index (κ2) is 6.61. The predicted octanol–water partition coefficient (Wildman–Crippen LogP) is 4.45. The maximum atomic E-state index is 6.09. The van der Waals surface area contributed by atoms with E-state index in [2.05, 4.69) is 28.6 Å². The summed E-state index contributed by atoms with van der Waals surface area (Å²) in [5.41, 5.74) is 4.35. The lowest BCUT2D eigenvalue weighted by Gasteiger charge is -2.11. The van der Waals surface area contributed by atoms with E-state index >= 15 is 0 Å². The smallest absolute Gasteiger partial charge is 0.165 e. The largest absolute Gasteiger partial charge is 0.382 e. The highest BCUT2D eigenvalue weighted by Crippen LogP contribution is 2.38. The molecule has 3 heterocycles. The molecule has 0 radical (unpaired) electrons. The Morgan fingerprint density at radius 3 is 2.58 bits per heavy atom. The molecule has 7 heteroatoms. The number of ether oxygens (including phenoxy) is 1. The third kappa shape index (κ3) is 2.69. The predicted molar refractivity (Wildman–Crippen MR) is 105 cm³/mol. The van der Waals surface area contributed by atoms with Crippen LogP contribution in [0, 0.1) is 20.8 Å². The van der Waals surface area contributed by atoms with Gasteiger partial charge in [-0.05, 0) is 38.5 Å². The van der Waals surface area contributed by atoms with Crippen LogP contribution in [0.15, 0.2) is 29.3 Å². The Bertz CT molecular complexity index is 1000. The number of hydrogen-bond donors (Lipinski definition) is 0. The molecule has 0 N–H and O–H groups in total. The van der Waals surface area contributed by atoms with E-state index in [1.807, 2.05) is 31.2 Å². The summed E-state index contributed by atoms with van der Waals surface area (Å²) >= 11 is 7.84. The van der Waals surface area contributed by atoms with E-state index in [1.54, 1.807) is 18.4 Å². The van der Waals surface area contributed by atoms with Crippen LogP contribution in [0.4, 0.5) is 0 Å². The summed E-state index contributed by atoms with van der Waals surface area (Å²) in [4.78, 5) is 6.33. The Kier molecular flexibility index (Phi) is 4.42. The fourth-order valence-electron chi connectivity index (χ4n) is 3.27. The molecule has 5 nitrogen and oxygen atoms in total. The van der Waals surface area contributed by atoms with Crippen LogP contribution in [0.2, 0.25) is 5.02 Å². The van der Waals surface area contributed by atoms with E-state index in [-0.39, 0.29) is 6.04 Å². The Morgan fingerprint density at radius 1 is 1.15 bits per heavy atom. The first-order chi connectivity index (χ1) is 12.5. The summed E-state index contributed by atoms with van der Waals surface area (Å²) in [6.07, 6.45) is 0. The molecule has 1 atom stereocenters. The van der Waals surface area contributed by atoms with E-state index in [0.29, 0.717) is 11.6 Å². The number of aryl methyl sites for hydroxylation is 2. The van der Waals surface area contributed by atoms with Gasteiger partial charge in [-0.2, -0.15) is 0 Å². The molecule has 4 rings (SSSR count). The fourth-order valence-corrected chi connectivity index (χ4v) is 4.61. The van der Waals surface area contributed by atoms with Crippen LogP contribution in [0.3, 0.4) is 0 Å². The molecule has 0 spiro atoms. The van der Waals surface area contributed by atoms with Gasteiger partial charge in [0.05, 0.1) is 12.3 Å². The number of thiophene rings is 1. The van der Waals surface area contributed by atoms with Gasteiger partial charge in [0.1, 0.15) is 16.9 Å². The summed E-state index contributed by atoms with van der Waals surface area (Å²) in [6, 6.07) is 7.61. The third-order valence-electron chi connectivity index (χ3n) is 4.68. The summed E-state index contributed by atoms with van der Waals surface area (Å²) in [5.74, 6) is 1.67. The molecule has 0 aliphatic carbocycles. The zero-order valence-electron chi connectivity index (χ0n) is 15.1. The first-order valence-electron chi connectivity index (χ1n) is 8.36. The summed E-state index contributed by atoms with van der Waals surface area (Å²) in [7, 11) is 1.68. The maximum Gasteiger partial charge on any atom is 0.165 e. The summed E-state index contributed by atoms with van der Waals surface area (Å²) < 4.78 is 7.55. The number of benzene rings is 1. The average Bonchev–Trinajstić information content (AvgIpc) is 3.09. The van der Waals surface area contributed by atoms with Crippen molar-refractivity contribution in [2.45, 2.75) is 26.8 Å². The van der Waals surface area contributed by atoms with Crippen molar-refractivity contribution in [3.05, 3.63) is 62.5 Å². The van der Waals surface area contributed by atoms with Crippen LogP contribution in [0.25, 0.3) is 5.00 Å². The van der Waals surface area contributed by atoms with Crippen molar-refractivity contribution in [2.75, 3.05) is 13.7 Å². The minimum absolute atomic E-state index is 0.216. The first-order valence-corrected chi connectivity index (χ1v) is 9.56. The number of halogens is 1. The Balaban J connectivity index is 2.03. The average molecular weight is 387 g/mol. The highest BCUT2D eigenvalue weighted by molar-refractivity contribution is 7.15. The zero-order valence-corrected chi connectivity index (χ0v) is 16.6. The highest BCUT2D eigenvalue weighted by Gasteiger charge is 2.31. The van der Waals surface area contributed by atoms with Gasteiger partial charge in [-0.25, -0.2) is 0 Å². The van der Waals surface area contributed by atoms with Crippen molar-refractivity contribution >= 4 is 28.6 Å². The van der Waals surface area contributed by atoms with Gasteiger partial charge >= 0.3 is 0 Å². The molecule has 0 fully saturated rings. The molecule has 0 saturated carbocycles. The van der Waals surface area contributed by atoms with Crippen LogP contribution >= 0.6 is 22.9 Å². The monoisotopic (exact) mass is 386 g/mol. The third-order valence-corrected chi connectivity index (χ3v) is 6.13. The van der Waals surface area contributed by atoms with Crippen LogP contribution < -0.4 is 0 Å². The van der Waals surface area contributed by atoms with Crippen LogP contribution in [0.1, 0.15) is 39.3 Å². The van der Waals surface area contributed by atoms with Gasteiger partial charge < -0.3 is 4.74 Å². The van der Waals surface area contributed by atoms with E-state index in [0.717, 1.165) is 33.5 Å². The molecule has 3 aromatic rings. The number of aliphatic imine (C=N–C) groups is 1. The van der Waals surface area contributed by atoms with Gasteiger partial charge in [0, 0.05) is 28.1 Å². The molecule has 134 valence electrons. The lowest BCUT2D eigenvalue weighted by molar-refractivity contribution is 0.178. The number of nitrogens with zero attached hydrogens (tertiary/aromatic N) is 4. The van der Waals surface area contributed by atoms with Crippen molar-refractivity contribution in [1.82, 2.24) is 14.8 Å². The van der Waals surface area contributed by atoms with E-state index in [4.69, 9.17) is 21.3 Å². The first kappa shape index (κ1) is 17.4. The standard InChI is InChI=1S/C19H19ClN4OS/c1-10-11(2)26-19-16(10)17(13-5-7-14(20)8-6-13)21-15(9-25-4)18-23-22-12(3)24(18)19/h5-8,15H,9H2,1-4H3/t15-/m0/s1. The highest BCUT2D eigenvalue weighted by atomic mass is 35.5. The quantitative estimate of drug-likeness (QED) is 0.668. The molecule has 26 heavy (non-hydrogen) atoms. The molecule has 1 aliphatic heterocycles.